The second kappa shape index (κ2) is 10.3. The van der Waals surface area contributed by atoms with Gasteiger partial charge in [-0.05, 0) is 104 Å². The molecule has 200 valence electrons. The van der Waals surface area contributed by atoms with E-state index in [1.165, 1.54) is 0 Å². The van der Waals surface area contributed by atoms with Crippen molar-refractivity contribution in [2.45, 2.75) is 110 Å². The van der Waals surface area contributed by atoms with Gasteiger partial charge in [0.1, 0.15) is 0 Å². The summed E-state index contributed by atoms with van der Waals surface area (Å²) in [6, 6.07) is 0. The van der Waals surface area contributed by atoms with Crippen molar-refractivity contribution in [3.05, 3.63) is 0 Å². The third-order valence-electron chi connectivity index (χ3n) is 11.2. The van der Waals surface area contributed by atoms with Crippen molar-refractivity contribution in [3.8, 4) is 0 Å². The maximum Gasteiger partial charge on any atom is 0.303 e. The van der Waals surface area contributed by atoms with Gasteiger partial charge in [-0.25, -0.2) is 0 Å². The van der Waals surface area contributed by atoms with Crippen LogP contribution in [0.25, 0.3) is 0 Å². The highest BCUT2D eigenvalue weighted by atomic mass is 16.4. The normalized spacial score (nSPS) is 45.7. The van der Waals surface area contributed by atoms with Gasteiger partial charge in [0.15, 0.2) is 0 Å². The van der Waals surface area contributed by atoms with Crippen molar-refractivity contribution in [2.75, 3.05) is 6.54 Å². The molecule has 0 aromatic rings. The van der Waals surface area contributed by atoms with Crippen molar-refractivity contribution in [2.24, 2.45) is 46.3 Å². The Kier molecular flexibility index (Phi) is 7.90. The minimum Gasteiger partial charge on any atom is -0.481 e. The number of rotatable bonds is 8. The van der Waals surface area contributed by atoms with E-state index in [-0.39, 0.29) is 53.1 Å². The molecule has 0 radical (unpaired) electrons. The van der Waals surface area contributed by atoms with Crippen LogP contribution in [0.4, 0.5) is 0 Å². The summed E-state index contributed by atoms with van der Waals surface area (Å²) in [4.78, 5) is 22.9. The van der Waals surface area contributed by atoms with Gasteiger partial charge in [0.2, 0.25) is 5.91 Å². The Morgan fingerprint density at radius 3 is 2.46 bits per heavy atom. The van der Waals surface area contributed by atoms with Crippen LogP contribution in [0.3, 0.4) is 0 Å². The molecule has 0 aromatic carbocycles. The highest BCUT2D eigenvalue weighted by molar-refractivity contribution is 5.75. The molecule has 4 rings (SSSR count). The van der Waals surface area contributed by atoms with Gasteiger partial charge in [0.05, 0.1) is 18.3 Å². The maximum atomic E-state index is 12.3. The molecule has 4 aliphatic carbocycles. The first kappa shape index (κ1) is 26.9. The zero-order valence-electron chi connectivity index (χ0n) is 21.8. The lowest BCUT2D eigenvalue weighted by molar-refractivity contribution is -0.207. The Morgan fingerprint density at radius 1 is 1.00 bits per heavy atom. The van der Waals surface area contributed by atoms with Crippen LogP contribution in [0.15, 0.2) is 0 Å². The van der Waals surface area contributed by atoms with Crippen molar-refractivity contribution >= 4 is 11.9 Å². The summed E-state index contributed by atoms with van der Waals surface area (Å²) in [6.45, 7) is 7.18. The fourth-order valence-corrected chi connectivity index (χ4v) is 9.25. The van der Waals surface area contributed by atoms with Gasteiger partial charge in [0.25, 0.3) is 0 Å². The third-order valence-corrected chi connectivity index (χ3v) is 11.2. The van der Waals surface area contributed by atoms with Gasteiger partial charge >= 0.3 is 5.97 Å². The first-order valence-corrected chi connectivity index (χ1v) is 14.0. The molecule has 0 bridgehead atoms. The molecule has 0 heterocycles. The van der Waals surface area contributed by atoms with E-state index in [1.54, 1.807) is 0 Å². The predicted octanol–water partition coefficient (Wildman–Crippen LogP) is 3.35. The molecule has 11 atom stereocenters. The zero-order valence-corrected chi connectivity index (χ0v) is 21.8. The molecule has 4 fully saturated rings. The molecule has 0 spiro atoms. The minimum absolute atomic E-state index is 0.0349. The standard InChI is InChI=1S/C28H47NO6/c1-16(6-9-24(33)29-12-4-5-25(34)35)19-7-8-20-26-21(15-23(32)28(19,20)3)27(2)11-10-18(30)13-17(27)14-22(26)31/h16-23,26,30-32H,4-15H2,1-3H3,(H,29,33)(H,34,35)/t16?,17?,18-,19-,20?,21?,22-,23+,26?,27+,28-/m1/s1. The molecule has 1 amide bonds. The number of carboxylic acid groups (broad SMARTS) is 1. The second-order valence-electron chi connectivity index (χ2n) is 12.9. The van der Waals surface area contributed by atoms with Crippen LogP contribution in [0.5, 0.6) is 0 Å². The molecular weight excluding hydrogens is 446 g/mol. The van der Waals surface area contributed by atoms with Crippen molar-refractivity contribution in [3.63, 3.8) is 0 Å². The number of aliphatic hydroxyl groups excluding tert-OH is 3. The number of carbonyl (C=O) groups is 2. The molecule has 0 saturated heterocycles. The van der Waals surface area contributed by atoms with Crippen LogP contribution in [0.2, 0.25) is 0 Å². The monoisotopic (exact) mass is 493 g/mol. The molecule has 4 aliphatic rings. The first-order valence-electron chi connectivity index (χ1n) is 14.0. The van der Waals surface area contributed by atoms with Gasteiger partial charge in [-0.1, -0.05) is 20.8 Å². The summed E-state index contributed by atoms with van der Waals surface area (Å²) in [6.07, 6.45) is 6.72. The summed E-state index contributed by atoms with van der Waals surface area (Å²) in [7, 11) is 0. The van der Waals surface area contributed by atoms with E-state index in [1.807, 2.05) is 0 Å². The number of fused-ring (bicyclic) bond motifs is 5. The zero-order chi connectivity index (χ0) is 25.5. The summed E-state index contributed by atoms with van der Waals surface area (Å²) in [5.74, 6) is 0.824. The van der Waals surface area contributed by atoms with E-state index in [0.29, 0.717) is 37.1 Å². The second-order valence-corrected chi connectivity index (χ2v) is 12.9. The highest BCUT2D eigenvalue weighted by Gasteiger charge is 2.65. The molecule has 7 heteroatoms. The first-order chi connectivity index (χ1) is 16.5. The highest BCUT2D eigenvalue weighted by Crippen LogP contribution is 2.68. The fraction of sp³-hybridized carbons (Fsp3) is 0.929. The van der Waals surface area contributed by atoms with Crippen LogP contribution in [0.1, 0.15) is 91.4 Å². The Labute approximate surface area is 210 Å². The van der Waals surface area contributed by atoms with Crippen molar-refractivity contribution in [1.82, 2.24) is 5.32 Å². The Balaban J connectivity index is 1.41. The molecule has 4 saturated carbocycles. The summed E-state index contributed by atoms with van der Waals surface area (Å²) >= 11 is 0. The molecule has 0 aliphatic heterocycles. The number of carbonyl (C=O) groups excluding carboxylic acids is 1. The van der Waals surface area contributed by atoms with Gasteiger partial charge in [-0.3, -0.25) is 9.59 Å². The Hall–Kier alpha value is -1.18. The van der Waals surface area contributed by atoms with Crippen LogP contribution in [-0.2, 0) is 9.59 Å². The van der Waals surface area contributed by atoms with Crippen LogP contribution < -0.4 is 5.32 Å². The SMILES string of the molecule is CC(CCC(=O)NCCCC(=O)O)[C@H]1CCC2C3C(C[C@H](O)[C@@]21C)[C@@]1(C)CC[C@@H](O)CC1C[C@H]3O. The average Bonchev–Trinajstić information content (AvgIpc) is 3.15. The molecule has 0 aromatic heterocycles. The maximum absolute atomic E-state index is 12.3. The molecule has 35 heavy (non-hydrogen) atoms. The molecule has 5 N–H and O–H groups in total. The van der Waals surface area contributed by atoms with E-state index in [0.717, 1.165) is 51.4 Å². The molecule has 7 nitrogen and oxygen atoms in total. The average molecular weight is 494 g/mol. The Bertz CT molecular complexity index is 789. The number of hydrogen-bond acceptors (Lipinski definition) is 5. The van der Waals surface area contributed by atoms with Gasteiger partial charge in [-0.15, -0.1) is 0 Å². The van der Waals surface area contributed by atoms with E-state index in [4.69, 9.17) is 5.11 Å². The number of hydrogen-bond donors (Lipinski definition) is 5. The van der Waals surface area contributed by atoms with Crippen LogP contribution in [0, 0.1) is 46.3 Å². The minimum atomic E-state index is -0.848. The summed E-state index contributed by atoms with van der Waals surface area (Å²) in [5.41, 5.74) is -0.176. The quantitative estimate of drug-likeness (QED) is 0.330. The number of aliphatic hydroxyl groups is 3. The Morgan fingerprint density at radius 2 is 1.74 bits per heavy atom. The van der Waals surface area contributed by atoms with E-state index >= 15 is 0 Å². The van der Waals surface area contributed by atoms with Crippen molar-refractivity contribution < 1.29 is 30.0 Å². The predicted molar refractivity (Wildman–Crippen MR) is 132 cm³/mol. The number of nitrogens with one attached hydrogen (secondary N) is 1. The summed E-state index contributed by atoms with van der Waals surface area (Å²) in [5, 5.41) is 44.9. The van der Waals surface area contributed by atoms with E-state index in [2.05, 4.69) is 26.1 Å². The largest absolute Gasteiger partial charge is 0.481 e. The summed E-state index contributed by atoms with van der Waals surface area (Å²) < 4.78 is 0. The molecular formula is C28H47NO6. The van der Waals surface area contributed by atoms with Crippen LogP contribution in [-0.4, -0.2) is 57.2 Å². The lowest BCUT2D eigenvalue weighted by Crippen LogP contribution is -2.62. The van der Waals surface area contributed by atoms with E-state index < -0.39 is 12.1 Å². The third kappa shape index (κ3) is 4.89. The van der Waals surface area contributed by atoms with Gasteiger partial charge in [0, 0.05) is 19.4 Å². The van der Waals surface area contributed by atoms with Crippen molar-refractivity contribution in [1.29, 1.82) is 0 Å². The number of carboxylic acids is 1. The topological polar surface area (TPSA) is 127 Å². The fourth-order valence-electron chi connectivity index (χ4n) is 9.25. The van der Waals surface area contributed by atoms with Gasteiger partial charge in [-0.2, -0.15) is 0 Å². The smallest absolute Gasteiger partial charge is 0.303 e. The van der Waals surface area contributed by atoms with E-state index in [9.17, 15) is 24.9 Å². The lowest BCUT2D eigenvalue weighted by atomic mass is 9.43. The molecule has 5 unspecified atom stereocenters. The number of aliphatic carboxylic acids is 1. The van der Waals surface area contributed by atoms with Crippen LogP contribution >= 0.6 is 0 Å². The number of amides is 1. The lowest BCUT2D eigenvalue weighted by Gasteiger charge is -2.63. The van der Waals surface area contributed by atoms with Gasteiger partial charge < -0.3 is 25.7 Å².